The number of carbonyl (C=O) groups is 2. The smallest absolute Gasteiger partial charge is 0.261 e. The minimum absolute atomic E-state index is 0.0459. The van der Waals surface area contributed by atoms with Crippen molar-refractivity contribution in [3.63, 3.8) is 0 Å². The largest absolute Gasteiger partial charge is 0.484 e. The minimum Gasteiger partial charge on any atom is -0.484 e. The monoisotopic (exact) mass is 416 g/mol. The van der Waals surface area contributed by atoms with Crippen LogP contribution in [-0.2, 0) is 16.1 Å². The predicted octanol–water partition coefficient (Wildman–Crippen LogP) is 4.44. The Balaban J connectivity index is 2.19. The molecule has 0 saturated heterocycles. The van der Waals surface area contributed by atoms with Gasteiger partial charge in [0.1, 0.15) is 11.8 Å². The maximum atomic E-state index is 13.0. The molecule has 2 atom stereocenters. The second-order valence-electron chi connectivity index (χ2n) is 6.99. The normalized spacial score (nSPS) is 12.7. The van der Waals surface area contributed by atoms with Gasteiger partial charge < -0.3 is 15.0 Å². The molecule has 0 aliphatic rings. The summed E-state index contributed by atoms with van der Waals surface area (Å²) in [6.45, 7) is 6.04. The molecule has 1 N–H and O–H groups in total. The van der Waals surface area contributed by atoms with Crippen molar-refractivity contribution in [1.82, 2.24) is 10.2 Å². The molecule has 6 heteroatoms. The molecule has 0 heterocycles. The highest BCUT2D eigenvalue weighted by molar-refractivity contribution is 6.30. The molecule has 2 aromatic rings. The number of carbonyl (C=O) groups excluding carboxylic acids is 2. The van der Waals surface area contributed by atoms with Gasteiger partial charge >= 0.3 is 0 Å². The number of rotatable bonds is 10. The van der Waals surface area contributed by atoms with E-state index in [0.29, 0.717) is 23.7 Å². The lowest BCUT2D eigenvalue weighted by Gasteiger charge is -2.31. The van der Waals surface area contributed by atoms with E-state index in [2.05, 4.69) is 5.32 Å². The Hall–Kier alpha value is -2.53. The highest BCUT2D eigenvalue weighted by atomic mass is 35.5. The molecule has 0 bridgehead atoms. The molecule has 2 amide bonds. The van der Waals surface area contributed by atoms with Crippen LogP contribution < -0.4 is 10.1 Å². The summed E-state index contributed by atoms with van der Waals surface area (Å²) in [6, 6.07) is 15.9. The van der Waals surface area contributed by atoms with Crippen LogP contribution in [0.15, 0.2) is 54.6 Å². The molecule has 0 aromatic heterocycles. The second-order valence-corrected chi connectivity index (χ2v) is 7.43. The Morgan fingerprint density at radius 3 is 2.28 bits per heavy atom. The van der Waals surface area contributed by atoms with E-state index in [0.717, 1.165) is 12.0 Å². The minimum atomic E-state index is -0.577. The molecule has 156 valence electrons. The van der Waals surface area contributed by atoms with Crippen molar-refractivity contribution in [2.45, 2.75) is 52.2 Å². The van der Waals surface area contributed by atoms with Gasteiger partial charge in [0.25, 0.3) is 5.91 Å². The van der Waals surface area contributed by atoms with E-state index < -0.39 is 6.04 Å². The van der Waals surface area contributed by atoms with Crippen molar-refractivity contribution < 1.29 is 14.3 Å². The highest BCUT2D eigenvalue weighted by Gasteiger charge is 2.29. The van der Waals surface area contributed by atoms with Crippen LogP contribution >= 0.6 is 11.6 Å². The lowest BCUT2D eigenvalue weighted by Crippen LogP contribution is -2.51. The Morgan fingerprint density at radius 1 is 1.03 bits per heavy atom. The van der Waals surface area contributed by atoms with Crippen molar-refractivity contribution in [1.29, 1.82) is 0 Å². The molecule has 0 saturated carbocycles. The molecule has 0 spiro atoms. The second kappa shape index (κ2) is 11.5. The van der Waals surface area contributed by atoms with Gasteiger partial charge in [-0.2, -0.15) is 0 Å². The van der Waals surface area contributed by atoms with Gasteiger partial charge in [0.15, 0.2) is 6.61 Å². The third-order valence-corrected chi connectivity index (χ3v) is 5.01. The first-order valence-corrected chi connectivity index (χ1v) is 10.3. The van der Waals surface area contributed by atoms with Crippen molar-refractivity contribution in [2.75, 3.05) is 6.61 Å². The van der Waals surface area contributed by atoms with Crippen molar-refractivity contribution >= 4 is 23.4 Å². The molecule has 0 radical (unpaired) electrons. The van der Waals surface area contributed by atoms with Crippen LogP contribution in [0, 0.1) is 0 Å². The number of ether oxygens (including phenoxy) is 1. The number of benzene rings is 2. The van der Waals surface area contributed by atoms with Crippen LogP contribution in [0.5, 0.6) is 5.75 Å². The van der Waals surface area contributed by atoms with Crippen molar-refractivity contribution in [3.8, 4) is 5.75 Å². The molecule has 0 aliphatic heterocycles. The summed E-state index contributed by atoms with van der Waals surface area (Å²) in [6.07, 6.45) is 1.33. The number of hydrogen-bond donors (Lipinski definition) is 1. The Bertz CT molecular complexity index is 780. The third kappa shape index (κ3) is 7.09. The first kappa shape index (κ1) is 22.8. The Morgan fingerprint density at radius 2 is 1.69 bits per heavy atom. The fourth-order valence-corrected chi connectivity index (χ4v) is 3.02. The average Bonchev–Trinajstić information content (AvgIpc) is 2.73. The standard InChI is InChI=1S/C23H29ClN2O3/c1-4-17(3)25-23(28)21(5-2)26(15-18-11-13-19(24)14-12-18)22(27)16-29-20-9-7-6-8-10-20/h6-14,17,21H,4-5,15-16H2,1-3H3,(H,25,28). The van der Waals surface area contributed by atoms with Crippen molar-refractivity contribution in [3.05, 3.63) is 65.2 Å². The summed E-state index contributed by atoms with van der Waals surface area (Å²) < 4.78 is 5.64. The molecule has 29 heavy (non-hydrogen) atoms. The zero-order chi connectivity index (χ0) is 21.2. The van der Waals surface area contributed by atoms with E-state index in [9.17, 15) is 9.59 Å². The average molecular weight is 417 g/mol. The summed E-state index contributed by atoms with van der Waals surface area (Å²) in [7, 11) is 0. The van der Waals surface area contributed by atoms with Crippen LogP contribution in [0.1, 0.15) is 39.2 Å². The number of halogens is 1. The number of hydrogen-bond acceptors (Lipinski definition) is 3. The molecule has 0 fully saturated rings. The summed E-state index contributed by atoms with van der Waals surface area (Å²) in [5.41, 5.74) is 0.900. The van der Waals surface area contributed by atoms with Gasteiger partial charge in [-0.15, -0.1) is 0 Å². The quantitative estimate of drug-likeness (QED) is 0.622. The van der Waals surface area contributed by atoms with E-state index in [1.165, 1.54) is 0 Å². The zero-order valence-corrected chi connectivity index (χ0v) is 18.0. The van der Waals surface area contributed by atoms with Crippen LogP contribution in [0.4, 0.5) is 0 Å². The van der Waals surface area contributed by atoms with E-state index in [-0.39, 0.29) is 24.5 Å². The summed E-state index contributed by atoms with van der Waals surface area (Å²) >= 11 is 5.98. The third-order valence-electron chi connectivity index (χ3n) is 4.76. The van der Waals surface area contributed by atoms with Gasteiger partial charge in [-0.1, -0.05) is 55.8 Å². The molecule has 2 aromatic carbocycles. The Labute approximate surface area is 178 Å². The number of amides is 2. The van der Waals surface area contributed by atoms with Gasteiger partial charge in [0.2, 0.25) is 5.91 Å². The maximum absolute atomic E-state index is 13.0. The summed E-state index contributed by atoms with van der Waals surface area (Å²) in [4.78, 5) is 27.5. The SMILES string of the molecule is CCC(C)NC(=O)C(CC)N(Cc1ccc(Cl)cc1)C(=O)COc1ccccc1. The van der Waals surface area contributed by atoms with Gasteiger partial charge in [-0.25, -0.2) is 0 Å². The highest BCUT2D eigenvalue weighted by Crippen LogP contribution is 2.16. The van der Waals surface area contributed by atoms with Gasteiger partial charge in [-0.3, -0.25) is 9.59 Å². The Kier molecular flexibility index (Phi) is 9.00. The molecule has 2 unspecified atom stereocenters. The van der Waals surface area contributed by atoms with Gasteiger partial charge in [0.05, 0.1) is 0 Å². The fraction of sp³-hybridized carbons (Fsp3) is 0.391. The molecule has 0 aliphatic carbocycles. The fourth-order valence-electron chi connectivity index (χ4n) is 2.89. The summed E-state index contributed by atoms with van der Waals surface area (Å²) in [5, 5.41) is 3.62. The van der Waals surface area contributed by atoms with Crippen LogP contribution in [0.25, 0.3) is 0 Å². The lowest BCUT2D eigenvalue weighted by molar-refractivity contribution is -0.143. The first-order valence-electron chi connectivity index (χ1n) is 9.96. The van der Waals surface area contributed by atoms with E-state index in [4.69, 9.17) is 16.3 Å². The van der Waals surface area contributed by atoms with Crippen LogP contribution in [0.3, 0.4) is 0 Å². The van der Waals surface area contributed by atoms with Crippen LogP contribution in [-0.4, -0.2) is 35.4 Å². The molecular formula is C23H29ClN2O3. The first-order chi connectivity index (χ1) is 13.9. The van der Waals surface area contributed by atoms with Gasteiger partial charge in [-0.05, 0) is 49.6 Å². The topological polar surface area (TPSA) is 58.6 Å². The number of nitrogens with one attached hydrogen (secondary N) is 1. The van der Waals surface area contributed by atoms with E-state index >= 15 is 0 Å². The summed E-state index contributed by atoms with van der Waals surface area (Å²) in [5.74, 6) is 0.225. The molecule has 5 nitrogen and oxygen atoms in total. The maximum Gasteiger partial charge on any atom is 0.261 e. The van der Waals surface area contributed by atoms with E-state index in [1.54, 1.807) is 29.2 Å². The lowest BCUT2D eigenvalue weighted by atomic mass is 10.1. The van der Waals surface area contributed by atoms with E-state index in [1.807, 2.05) is 51.1 Å². The van der Waals surface area contributed by atoms with Gasteiger partial charge in [0, 0.05) is 17.6 Å². The molecule has 2 rings (SSSR count). The predicted molar refractivity (Wildman–Crippen MR) is 116 cm³/mol. The van der Waals surface area contributed by atoms with Crippen LogP contribution in [0.2, 0.25) is 5.02 Å². The van der Waals surface area contributed by atoms with Crippen molar-refractivity contribution in [2.24, 2.45) is 0 Å². The molecular weight excluding hydrogens is 388 g/mol. The number of nitrogens with zero attached hydrogens (tertiary/aromatic N) is 1. The zero-order valence-electron chi connectivity index (χ0n) is 17.2. The number of para-hydroxylation sites is 1.